The summed E-state index contributed by atoms with van der Waals surface area (Å²) < 4.78 is 6.06. The van der Waals surface area contributed by atoms with Gasteiger partial charge >= 0.3 is 5.97 Å². The lowest BCUT2D eigenvalue weighted by Crippen LogP contribution is -2.21. The van der Waals surface area contributed by atoms with E-state index in [1.54, 1.807) is 7.11 Å². The molecule has 0 amide bonds. The minimum Gasteiger partial charge on any atom is -0.497 e. The standard InChI is InChI=1S/C13H16BrNO3/c1-15-6-10(11(7-15)13(16)17)9-4-3-8(18-2)5-12(9)14/h3-5,10-11H,6-7H2,1-2H3,(H,16,17). The van der Waals surface area contributed by atoms with Crippen molar-refractivity contribution in [2.45, 2.75) is 5.92 Å². The smallest absolute Gasteiger partial charge is 0.308 e. The Balaban J connectivity index is 2.32. The zero-order valence-electron chi connectivity index (χ0n) is 10.4. The van der Waals surface area contributed by atoms with Crippen molar-refractivity contribution in [3.63, 3.8) is 0 Å². The van der Waals surface area contributed by atoms with Gasteiger partial charge in [-0.05, 0) is 24.7 Å². The Hall–Kier alpha value is -1.07. The summed E-state index contributed by atoms with van der Waals surface area (Å²) in [5.41, 5.74) is 1.03. The minimum atomic E-state index is -0.730. The Morgan fingerprint density at radius 3 is 2.78 bits per heavy atom. The van der Waals surface area contributed by atoms with Crippen LogP contribution >= 0.6 is 15.9 Å². The topological polar surface area (TPSA) is 49.8 Å². The summed E-state index contributed by atoms with van der Waals surface area (Å²) in [6.07, 6.45) is 0. The highest BCUT2D eigenvalue weighted by Gasteiger charge is 2.37. The molecule has 1 aromatic rings. The molecule has 5 heteroatoms. The van der Waals surface area contributed by atoms with E-state index in [4.69, 9.17) is 4.74 Å². The monoisotopic (exact) mass is 313 g/mol. The summed E-state index contributed by atoms with van der Waals surface area (Å²) >= 11 is 3.50. The van der Waals surface area contributed by atoms with Gasteiger partial charge in [-0.15, -0.1) is 0 Å². The van der Waals surface area contributed by atoms with Gasteiger partial charge in [-0.2, -0.15) is 0 Å². The average Bonchev–Trinajstić information content (AvgIpc) is 2.71. The van der Waals surface area contributed by atoms with Gasteiger partial charge in [-0.25, -0.2) is 0 Å². The fraction of sp³-hybridized carbons (Fsp3) is 0.462. The second-order valence-corrected chi connectivity index (χ2v) is 5.51. The molecule has 2 atom stereocenters. The summed E-state index contributed by atoms with van der Waals surface area (Å²) in [4.78, 5) is 13.4. The molecule has 18 heavy (non-hydrogen) atoms. The van der Waals surface area contributed by atoms with E-state index in [0.717, 1.165) is 22.3 Å². The minimum absolute atomic E-state index is 0.0211. The van der Waals surface area contributed by atoms with Crippen molar-refractivity contribution in [1.29, 1.82) is 0 Å². The molecular formula is C13H16BrNO3. The molecule has 1 saturated heterocycles. The first-order chi connectivity index (χ1) is 8.52. The third-order valence-corrected chi connectivity index (χ3v) is 4.11. The van der Waals surface area contributed by atoms with Crippen LogP contribution in [0.3, 0.4) is 0 Å². The van der Waals surface area contributed by atoms with Crippen molar-refractivity contribution in [1.82, 2.24) is 4.90 Å². The largest absolute Gasteiger partial charge is 0.497 e. The second kappa shape index (κ2) is 5.28. The molecule has 1 aromatic carbocycles. The van der Waals surface area contributed by atoms with Crippen LogP contribution in [0, 0.1) is 5.92 Å². The molecule has 4 nitrogen and oxygen atoms in total. The van der Waals surface area contributed by atoms with Crippen molar-refractivity contribution < 1.29 is 14.6 Å². The number of aliphatic carboxylic acids is 1. The molecule has 1 fully saturated rings. The lowest BCUT2D eigenvalue weighted by molar-refractivity contribution is -0.141. The zero-order valence-corrected chi connectivity index (χ0v) is 12.0. The van der Waals surface area contributed by atoms with Gasteiger partial charge in [0.15, 0.2) is 0 Å². The van der Waals surface area contributed by atoms with Gasteiger partial charge in [0.2, 0.25) is 0 Å². The molecule has 0 spiro atoms. The average molecular weight is 314 g/mol. The normalized spacial score (nSPS) is 24.2. The zero-order chi connectivity index (χ0) is 13.3. The van der Waals surface area contributed by atoms with E-state index >= 15 is 0 Å². The Labute approximate surface area is 115 Å². The van der Waals surface area contributed by atoms with Crippen LogP contribution in [-0.4, -0.2) is 43.2 Å². The number of likely N-dealkylation sites (tertiary alicyclic amines) is 1. The number of rotatable bonds is 3. The lowest BCUT2D eigenvalue weighted by atomic mass is 9.89. The number of benzene rings is 1. The van der Waals surface area contributed by atoms with E-state index in [1.165, 1.54) is 0 Å². The van der Waals surface area contributed by atoms with Crippen LogP contribution in [0.15, 0.2) is 22.7 Å². The Morgan fingerprint density at radius 1 is 1.50 bits per heavy atom. The predicted molar refractivity (Wildman–Crippen MR) is 72.1 cm³/mol. The molecular weight excluding hydrogens is 298 g/mol. The maximum atomic E-state index is 11.3. The van der Waals surface area contributed by atoms with E-state index in [9.17, 15) is 9.90 Å². The van der Waals surface area contributed by atoms with Crippen molar-refractivity contribution in [3.8, 4) is 5.75 Å². The number of hydrogen-bond acceptors (Lipinski definition) is 3. The Morgan fingerprint density at radius 2 is 2.22 bits per heavy atom. The number of likely N-dealkylation sites (N-methyl/N-ethyl adjacent to an activating group) is 1. The third kappa shape index (κ3) is 2.52. The fourth-order valence-corrected chi connectivity index (χ4v) is 3.15. The quantitative estimate of drug-likeness (QED) is 0.929. The number of nitrogens with zero attached hydrogens (tertiary/aromatic N) is 1. The van der Waals surface area contributed by atoms with Gasteiger partial charge in [0.25, 0.3) is 0 Å². The van der Waals surface area contributed by atoms with Crippen LogP contribution in [0.2, 0.25) is 0 Å². The Bertz CT molecular complexity index is 464. The molecule has 1 heterocycles. The van der Waals surface area contributed by atoms with Crippen molar-refractivity contribution in [2.75, 3.05) is 27.2 Å². The number of carboxylic acids is 1. The van der Waals surface area contributed by atoms with E-state index in [-0.39, 0.29) is 11.8 Å². The first-order valence-corrected chi connectivity index (χ1v) is 6.57. The van der Waals surface area contributed by atoms with Crippen molar-refractivity contribution in [3.05, 3.63) is 28.2 Å². The molecule has 0 aliphatic carbocycles. The van der Waals surface area contributed by atoms with Gasteiger partial charge in [0.05, 0.1) is 13.0 Å². The number of methoxy groups -OCH3 is 1. The van der Waals surface area contributed by atoms with Crippen LogP contribution in [0.4, 0.5) is 0 Å². The van der Waals surface area contributed by atoms with E-state index in [0.29, 0.717) is 6.54 Å². The second-order valence-electron chi connectivity index (χ2n) is 4.66. The van der Waals surface area contributed by atoms with Crippen LogP contribution in [-0.2, 0) is 4.79 Å². The van der Waals surface area contributed by atoms with Gasteiger partial charge in [-0.3, -0.25) is 4.79 Å². The number of carbonyl (C=O) groups is 1. The maximum absolute atomic E-state index is 11.3. The number of carboxylic acid groups (broad SMARTS) is 1. The number of hydrogen-bond donors (Lipinski definition) is 1. The first-order valence-electron chi connectivity index (χ1n) is 5.77. The van der Waals surface area contributed by atoms with Gasteiger partial charge in [0.1, 0.15) is 5.75 Å². The van der Waals surface area contributed by atoms with E-state index in [2.05, 4.69) is 20.8 Å². The SMILES string of the molecule is COc1ccc(C2CN(C)CC2C(=O)O)c(Br)c1. The highest BCUT2D eigenvalue weighted by molar-refractivity contribution is 9.10. The predicted octanol–water partition coefficient (Wildman–Crippen LogP) is 2.19. The first kappa shape index (κ1) is 13.4. The summed E-state index contributed by atoms with van der Waals surface area (Å²) in [6, 6.07) is 5.70. The molecule has 2 unspecified atom stereocenters. The van der Waals surface area contributed by atoms with Gasteiger partial charge < -0.3 is 14.7 Å². The number of halogens is 1. The highest BCUT2D eigenvalue weighted by atomic mass is 79.9. The molecule has 0 radical (unpaired) electrons. The van der Waals surface area contributed by atoms with Crippen molar-refractivity contribution >= 4 is 21.9 Å². The van der Waals surface area contributed by atoms with Gasteiger partial charge in [0, 0.05) is 23.5 Å². The summed E-state index contributed by atoms with van der Waals surface area (Å²) in [5, 5.41) is 9.29. The molecule has 0 bridgehead atoms. The molecule has 98 valence electrons. The van der Waals surface area contributed by atoms with E-state index in [1.807, 2.05) is 25.2 Å². The third-order valence-electron chi connectivity index (χ3n) is 3.43. The summed E-state index contributed by atoms with van der Waals surface area (Å²) in [7, 11) is 3.57. The van der Waals surface area contributed by atoms with E-state index < -0.39 is 5.97 Å². The molecule has 1 aliphatic heterocycles. The number of ether oxygens (including phenoxy) is 1. The summed E-state index contributed by atoms with van der Waals surface area (Å²) in [5.74, 6) is -0.289. The van der Waals surface area contributed by atoms with Crippen LogP contribution in [0.25, 0.3) is 0 Å². The van der Waals surface area contributed by atoms with Crippen LogP contribution in [0.5, 0.6) is 5.75 Å². The molecule has 2 rings (SSSR count). The van der Waals surface area contributed by atoms with Crippen LogP contribution < -0.4 is 4.74 Å². The molecule has 0 aromatic heterocycles. The fourth-order valence-electron chi connectivity index (χ4n) is 2.50. The molecule has 1 N–H and O–H groups in total. The Kier molecular flexibility index (Phi) is 3.92. The van der Waals surface area contributed by atoms with Crippen molar-refractivity contribution in [2.24, 2.45) is 5.92 Å². The highest BCUT2D eigenvalue weighted by Crippen LogP contribution is 2.37. The molecule has 1 aliphatic rings. The maximum Gasteiger partial charge on any atom is 0.308 e. The van der Waals surface area contributed by atoms with Gasteiger partial charge in [-0.1, -0.05) is 22.0 Å². The lowest BCUT2D eigenvalue weighted by Gasteiger charge is -2.17. The van der Waals surface area contributed by atoms with Crippen LogP contribution in [0.1, 0.15) is 11.5 Å². The summed E-state index contributed by atoms with van der Waals surface area (Å²) in [6.45, 7) is 1.36. The molecule has 0 saturated carbocycles.